The monoisotopic (exact) mass is 439 g/mol. The van der Waals surface area contributed by atoms with Crippen molar-refractivity contribution in [2.45, 2.75) is 38.1 Å². The summed E-state index contributed by atoms with van der Waals surface area (Å²) in [5.41, 5.74) is 5.09. The van der Waals surface area contributed by atoms with Gasteiger partial charge in [0, 0.05) is 12.1 Å². The van der Waals surface area contributed by atoms with Gasteiger partial charge in [-0.1, -0.05) is 60.7 Å². The van der Waals surface area contributed by atoms with Gasteiger partial charge in [0.05, 0.1) is 12.0 Å². The molecule has 3 aromatic carbocycles. The first kappa shape index (κ1) is 20.2. The first-order valence-electron chi connectivity index (χ1n) is 11.4. The fourth-order valence-corrected chi connectivity index (χ4v) is 5.79. The highest BCUT2D eigenvalue weighted by Gasteiger charge is 2.72. The molecule has 2 aliphatic heterocycles. The van der Waals surface area contributed by atoms with Crippen LogP contribution < -0.4 is 5.32 Å². The van der Waals surface area contributed by atoms with Gasteiger partial charge in [0.1, 0.15) is 11.5 Å². The van der Waals surface area contributed by atoms with Gasteiger partial charge in [0.25, 0.3) is 0 Å². The fraction of sp³-hybridized carbons (Fsp3) is 0.286. The largest absolute Gasteiger partial charge is 0.454 e. The molecule has 0 radical (unpaired) electrons. The number of hydrogen-bond donors (Lipinski definition) is 1. The Kier molecular flexibility index (Phi) is 4.46. The molecule has 2 saturated heterocycles. The van der Waals surface area contributed by atoms with Crippen LogP contribution in [0.4, 0.5) is 5.69 Å². The van der Waals surface area contributed by atoms with Crippen LogP contribution in [0.25, 0.3) is 0 Å². The second-order valence-electron chi connectivity index (χ2n) is 9.39. The topological polar surface area (TPSA) is 64.6 Å². The van der Waals surface area contributed by atoms with Gasteiger partial charge in [-0.15, -0.1) is 0 Å². The lowest BCUT2D eigenvalue weighted by atomic mass is 9.77. The second-order valence-corrected chi connectivity index (χ2v) is 9.39. The normalized spacial score (nSPS) is 29.2. The van der Waals surface area contributed by atoms with Crippen LogP contribution in [0, 0.1) is 25.7 Å². The van der Waals surface area contributed by atoms with E-state index in [2.05, 4.69) is 11.4 Å². The predicted octanol–water partition coefficient (Wildman–Crippen LogP) is 4.84. The van der Waals surface area contributed by atoms with E-state index in [0.29, 0.717) is 12.1 Å². The van der Waals surface area contributed by atoms with Crippen molar-refractivity contribution in [3.63, 3.8) is 0 Å². The van der Waals surface area contributed by atoms with E-state index in [-0.39, 0.29) is 11.9 Å². The molecule has 5 nitrogen and oxygen atoms in total. The Bertz CT molecular complexity index is 1270. The number of rotatable bonds is 3. The van der Waals surface area contributed by atoms with E-state index in [1.807, 2.05) is 80.6 Å². The number of amides is 1. The van der Waals surface area contributed by atoms with E-state index >= 15 is 0 Å². The molecule has 5 atom stereocenters. The molecule has 0 aromatic heterocycles. The molecule has 0 bridgehead atoms. The molecule has 2 fully saturated rings. The summed E-state index contributed by atoms with van der Waals surface area (Å²) in [6.07, 6.45) is -0.467. The van der Waals surface area contributed by atoms with Crippen LogP contribution in [0.1, 0.15) is 40.0 Å². The smallest absolute Gasteiger partial charge is 0.313 e. The van der Waals surface area contributed by atoms with Crippen molar-refractivity contribution < 1.29 is 19.1 Å². The number of anilines is 1. The quantitative estimate of drug-likeness (QED) is 0.593. The molecule has 5 heteroatoms. The van der Waals surface area contributed by atoms with Gasteiger partial charge in [0.2, 0.25) is 5.91 Å². The molecule has 3 aromatic rings. The molecule has 166 valence electrons. The molecule has 2 heterocycles. The number of benzene rings is 3. The Labute approximate surface area is 192 Å². The van der Waals surface area contributed by atoms with Crippen LogP contribution in [-0.4, -0.2) is 17.5 Å². The summed E-state index contributed by atoms with van der Waals surface area (Å²) in [7, 11) is 0. The highest BCUT2D eigenvalue weighted by Crippen LogP contribution is 2.63. The maximum Gasteiger partial charge on any atom is 0.313 e. The maximum atomic E-state index is 13.7. The average Bonchev–Trinajstić information content (AvgIpc) is 3.40. The van der Waals surface area contributed by atoms with E-state index < -0.39 is 29.6 Å². The Morgan fingerprint density at radius 2 is 1.73 bits per heavy atom. The number of aryl methyl sites for hydroxylation is 2. The summed E-state index contributed by atoms with van der Waals surface area (Å²) in [5.74, 6) is -1.94. The van der Waals surface area contributed by atoms with Gasteiger partial charge < -0.3 is 14.8 Å². The minimum Gasteiger partial charge on any atom is -0.454 e. The molecule has 1 amide bonds. The number of hydrogen-bond acceptors (Lipinski definition) is 4. The van der Waals surface area contributed by atoms with Gasteiger partial charge in [-0.3, -0.25) is 9.59 Å². The van der Waals surface area contributed by atoms with Gasteiger partial charge in [0.15, 0.2) is 6.10 Å². The van der Waals surface area contributed by atoms with Crippen molar-refractivity contribution in [2.24, 2.45) is 11.8 Å². The molecular formula is C28H25NO4. The van der Waals surface area contributed by atoms with Gasteiger partial charge in [-0.2, -0.15) is 0 Å². The molecule has 1 unspecified atom stereocenters. The molecule has 3 aliphatic rings. The molecule has 1 N–H and O–H groups in total. The zero-order chi connectivity index (χ0) is 22.7. The van der Waals surface area contributed by atoms with Gasteiger partial charge in [-0.25, -0.2) is 0 Å². The number of carbonyl (C=O) groups is 2. The summed E-state index contributed by atoms with van der Waals surface area (Å²) in [4.78, 5) is 27.0. The summed E-state index contributed by atoms with van der Waals surface area (Å²) < 4.78 is 12.6. The van der Waals surface area contributed by atoms with Crippen LogP contribution in [-0.2, 0) is 25.5 Å². The average molecular weight is 440 g/mol. The fourth-order valence-electron chi connectivity index (χ4n) is 5.79. The summed E-state index contributed by atoms with van der Waals surface area (Å²) in [5, 5.41) is 3.06. The highest BCUT2D eigenvalue weighted by atomic mass is 16.6. The maximum absolute atomic E-state index is 13.7. The third kappa shape index (κ3) is 2.96. The van der Waals surface area contributed by atoms with E-state index in [1.54, 1.807) is 0 Å². The van der Waals surface area contributed by atoms with Crippen LogP contribution >= 0.6 is 0 Å². The van der Waals surface area contributed by atoms with Gasteiger partial charge in [-0.05, 0) is 53.8 Å². The minimum absolute atomic E-state index is 0.220. The first-order valence-corrected chi connectivity index (χ1v) is 11.4. The summed E-state index contributed by atoms with van der Waals surface area (Å²) in [6.45, 7) is 4.05. The van der Waals surface area contributed by atoms with E-state index in [4.69, 9.17) is 9.47 Å². The Morgan fingerprint density at radius 1 is 0.970 bits per heavy atom. The van der Waals surface area contributed by atoms with Crippen LogP contribution in [0.2, 0.25) is 0 Å². The molecule has 1 aliphatic carbocycles. The van der Waals surface area contributed by atoms with Crippen molar-refractivity contribution in [3.05, 3.63) is 101 Å². The van der Waals surface area contributed by atoms with Crippen LogP contribution in [0.3, 0.4) is 0 Å². The van der Waals surface area contributed by atoms with Crippen molar-refractivity contribution >= 4 is 17.6 Å². The van der Waals surface area contributed by atoms with Crippen molar-refractivity contribution in [1.82, 2.24) is 0 Å². The first-order chi connectivity index (χ1) is 16.0. The molecule has 0 saturated carbocycles. The summed E-state index contributed by atoms with van der Waals surface area (Å²) in [6, 6.07) is 23.5. The Balaban J connectivity index is 1.42. The number of ether oxygens (including phenoxy) is 2. The van der Waals surface area contributed by atoms with Crippen LogP contribution in [0.15, 0.2) is 72.8 Å². The number of nitrogens with one attached hydrogen (secondary N) is 1. The van der Waals surface area contributed by atoms with Crippen LogP contribution in [0.5, 0.6) is 0 Å². The zero-order valence-electron chi connectivity index (χ0n) is 18.6. The number of fused-ring (bicyclic) bond motifs is 2. The lowest BCUT2D eigenvalue weighted by molar-refractivity contribution is -0.151. The Morgan fingerprint density at radius 3 is 2.52 bits per heavy atom. The van der Waals surface area contributed by atoms with E-state index in [0.717, 1.165) is 27.8 Å². The molecule has 33 heavy (non-hydrogen) atoms. The van der Waals surface area contributed by atoms with Crippen molar-refractivity contribution in [3.8, 4) is 0 Å². The third-order valence-electron chi connectivity index (χ3n) is 7.50. The molecule has 1 spiro atoms. The number of esters is 1. The second kappa shape index (κ2) is 7.29. The third-order valence-corrected chi connectivity index (χ3v) is 7.50. The lowest BCUT2D eigenvalue weighted by Crippen LogP contribution is -2.40. The predicted molar refractivity (Wildman–Crippen MR) is 124 cm³/mol. The van der Waals surface area contributed by atoms with Crippen molar-refractivity contribution in [1.29, 1.82) is 0 Å². The summed E-state index contributed by atoms with van der Waals surface area (Å²) >= 11 is 0. The highest BCUT2D eigenvalue weighted by molar-refractivity contribution is 5.97. The standard InChI is InChI=1S/C28H25NO4/c1-16-12-13-20(14-17(16)2)29-26(30)22-23-27(31)32-25-21-11-7-6-10-19(21)15-28(23,25)33-24(22)18-8-4-3-5-9-18/h3-14,22-25H,15H2,1-2H3,(H,29,30)/t22-,23?,24+,25+,28-/m1/s1. The van der Waals surface area contributed by atoms with E-state index in [9.17, 15) is 9.59 Å². The zero-order valence-corrected chi connectivity index (χ0v) is 18.6. The minimum atomic E-state index is -0.869. The van der Waals surface area contributed by atoms with Crippen molar-refractivity contribution in [2.75, 3.05) is 5.32 Å². The Hall–Kier alpha value is -3.44. The number of carbonyl (C=O) groups excluding carboxylic acids is 2. The van der Waals surface area contributed by atoms with E-state index in [1.165, 1.54) is 0 Å². The molecule has 6 rings (SSSR count). The van der Waals surface area contributed by atoms with Gasteiger partial charge >= 0.3 is 5.97 Å². The SMILES string of the molecule is Cc1ccc(NC(=O)[C@@H]2C3C(=O)O[C@H]4c5ccccc5C[C@@]34O[C@H]2c2ccccc2)cc1C. The molecular weight excluding hydrogens is 414 g/mol. The lowest BCUT2D eigenvalue weighted by Gasteiger charge is -2.26.